The van der Waals surface area contributed by atoms with Crippen LogP contribution in [-0.2, 0) is 4.74 Å². The first kappa shape index (κ1) is 21.7. The number of aliphatic hydroxyl groups is 3. The van der Waals surface area contributed by atoms with E-state index >= 15 is 0 Å². The summed E-state index contributed by atoms with van der Waals surface area (Å²) in [7, 11) is 0. The predicted octanol–water partition coefficient (Wildman–Crippen LogP) is 0.489. The Morgan fingerprint density at radius 3 is 2.28 bits per heavy atom. The van der Waals surface area contributed by atoms with Gasteiger partial charge in [0.25, 0.3) is 0 Å². The number of hydrogen-bond acceptors (Lipinski definition) is 11. The minimum absolute atomic E-state index is 0.0658. The van der Waals surface area contributed by atoms with Crippen molar-refractivity contribution in [3.8, 4) is 40.1 Å². The highest BCUT2D eigenvalue weighted by atomic mass is 16.7. The smallest absolute Gasteiger partial charge is 0.239 e. The fourth-order valence-corrected chi connectivity index (χ4v) is 3.46. The minimum Gasteiger partial charge on any atom is -0.508 e. The van der Waals surface area contributed by atoms with Crippen LogP contribution in [0.3, 0.4) is 0 Å². The zero-order valence-corrected chi connectivity index (χ0v) is 16.5. The van der Waals surface area contributed by atoms with Crippen molar-refractivity contribution in [1.82, 2.24) is 0 Å². The van der Waals surface area contributed by atoms with Crippen LogP contribution in [-0.4, -0.2) is 66.5 Å². The Balaban J connectivity index is 1.92. The summed E-state index contributed by atoms with van der Waals surface area (Å²) in [6.07, 6.45) is -7.35. The summed E-state index contributed by atoms with van der Waals surface area (Å²) >= 11 is 0. The van der Waals surface area contributed by atoms with E-state index in [4.69, 9.17) is 13.9 Å². The molecule has 0 radical (unpaired) electrons. The van der Waals surface area contributed by atoms with Crippen molar-refractivity contribution >= 4 is 11.0 Å². The molecule has 0 unspecified atom stereocenters. The first-order valence-corrected chi connectivity index (χ1v) is 9.50. The molecule has 4 rings (SSSR count). The molecular formula is C21H20O11. The van der Waals surface area contributed by atoms with Gasteiger partial charge in [-0.25, -0.2) is 0 Å². The van der Waals surface area contributed by atoms with Crippen molar-refractivity contribution in [3.05, 3.63) is 40.6 Å². The minimum atomic E-state index is -1.74. The van der Waals surface area contributed by atoms with Crippen molar-refractivity contribution in [2.45, 2.75) is 37.6 Å². The molecule has 1 fully saturated rings. The molecule has 0 bridgehead atoms. The van der Waals surface area contributed by atoms with Crippen LogP contribution in [0.25, 0.3) is 22.3 Å². The molecule has 2 heterocycles. The largest absolute Gasteiger partial charge is 0.508 e. The molecule has 0 aliphatic carbocycles. The Labute approximate surface area is 179 Å². The van der Waals surface area contributed by atoms with E-state index in [9.17, 15) is 40.5 Å². The van der Waals surface area contributed by atoms with E-state index in [1.807, 2.05) is 0 Å². The van der Waals surface area contributed by atoms with E-state index in [0.29, 0.717) is 0 Å². The standard InChI is InChI=1S/C21H20O11/c1-7-15(26)17(28)18(29)21(30-7)32-20-16(27)14-12(25)5-9(22)6-13(14)31-19(20)8-2-3-10(23)11(24)4-8/h2-7,15,17-18,21-26,28-29H,1H3/t7-,15-,17+,18+,21-/m1/s1. The van der Waals surface area contributed by atoms with Crippen LogP contribution >= 0.6 is 0 Å². The van der Waals surface area contributed by atoms with Crippen molar-refractivity contribution in [2.24, 2.45) is 0 Å². The maximum Gasteiger partial charge on any atom is 0.239 e. The Morgan fingerprint density at radius 1 is 0.875 bits per heavy atom. The van der Waals surface area contributed by atoms with Crippen molar-refractivity contribution in [1.29, 1.82) is 0 Å². The number of aromatic hydroxyl groups is 4. The number of rotatable bonds is 3. The van der Waals surface area contributed by atoms with Crippen LogP contribution in [0, 0.1) is 0 Å². The third-order valence-electron chi connectivity index (χ3n) is 5.20. The van der Waals surface area contributed by atoms with Crippen LogP contribution < -0.4 is 10.2 Å². The number of hydrogen-bond donors (Lipinski definition) is 7. The highest BCUT2D eigenvalue weighted by Gasteiger charge is 2.44. The second-order valence-corrected chi connectivity index (χ2v) is 7.43. The first-order valence-electron chi connectivity index (χ1n) is 9.50. The van der Waals surface area contributed by atoms with E-state index < -0.39 is 59.1 Å². The van der Waals surface area contributed by atoms with E-state index in [1.54, 1.807) is 0 Å². The zero-order valence-electron chi connectivity index (χ0n) is 16.5. The quantitative estimate of drug-likeness (QED) is 0.276. The van der Waals surface area contributed by atoms with Crippen LogP contribution in [0.15, 0.2) is 39.5 Å². The molecule has 7 N–H and O–H groups in total. The van der Waals surface area contributed by atoms with Gasteiger partial charge < -0.3 is 49.6 Å². The van der Waals surface area contributed by atoms with Crippen molar-refractivity contribution < 1.29 is 49.6 Å². The van der Waals surface area contributed by atoms with Gasteiger partial charge in [-0.15, -0.1) is 0 Å². The van der Waals surface area contributed by atoms with E-state index in [1.165, 1.54) is 13.0 Å². The Bertz CT molecular complexity index is 1230. The monoisotopic (exact) mass is 448 g/mol. The molecule has 0 spiro atoms. The highest BCUT2D eigenvalue weighted by molar-refractivity contribution is 5.88. The summed E-state index contributed by atoms with van der Waals surface area (Å²) in [4.78, 5) is 13.2. The molecule has 2 aromatic carbocycles. The molecule has 0 amide bonds. The van der Waals surface area contributed by atoms with Gasteiger partial charge in [0.1, 0.15) is 40.8 Å². The SMILES string of the molecule is C[C@H]1O[C@H](Oc2c(-c3ccc(O)c(O)c3)oc3cc(O)cc(O)c3c2=O)[C@@H](O)[C@@H](O)[C@@H]1O. The first-order chi connectivity index (χ1) is 15.1. The van der Waals surface area contributed by atoms with Crippen molar-refractivity contribution in [3.63, 3.8) is 0 Å². The molecule has 11 heteroatoms. The molecule has 1 aliphatic heterocycles. The lowest BCUT2D eigenvalue weighted by atomic mass is 10.00. The van der Waals surface area contributed by atoms with Gasteiger partial charge in [0.2, 0.25) is 17.5 Å². The van der Waals surface area contributed by atoms with Gasteiger partial charge in [-0.2, -0.15) is 0 Å². The predicted molar refractivity (Wildman–Crippen MR) is 108 cm³/mol. The molecular weight excluding hydrogens is 428 g/mol. The number of phenolic OH excluding ortho intramolecular Hbond substituents is 4. The molecule has 0 saturated carbocycles. The Morgan fingerprint density at radius 2 is 1.59 bits per heavy atom. The Kier molecular flexibility index (Phi) is 5.34. The van der Waals surface area contributed by atoms with Gasteiger partial charge >= 0.3 is 0 Å². The lowest BCUT2D eigenvalue weighted by Crippen LogP contribution is -2.58. The van der Waals surface area contributed by atoms with Gasteiger partial charge in [-0.05, 0) is 25.1 Å². The third kappa shape index (κ3) is 3.56. The number of ether oxygens (including phenoxy) is 2. The van der Waals surface area contributed by atoms with Gasteiger partial charge in [0, 0.05) is 17.7 Å². The van der Waals surface area contributed by atoms with Crippen LogP contribution in [0.2, 0.25) is 0 Å². The molecule has 170 valence electrons. The Hall–Kier alpha value is -3.51. The molecule has 5 atom stereocenters. The third-order valence-corrected chi connectivity index (χ3v) is 5.20. The summed E-state index contributed by atoms with van der Waals surface area (Å²) in [5.41, 5.74) is -1.05. The molecule has 1 saturated heterocycles. The normalized spacial score (nSPS) is 25.7. The lowest BCUT2D eigenvalue weighted by Gasteiger charge is -2.38. The summed E-state index contributed by atoms with van der Waals surface area (Å²) in [5, 5.41) is 69.2. The van der Waals surface area contributed by atoms with Gasteiger partial charge in [-0.3, -0.25) is 4.79 Å². The molecule has 1 aliphatic rings. The average molecular weight is 448 g/mol. The second kappa shape index (κ2) is 7.88. The number of phenols is 4. The average Bonchev–Trinajstić information content (AvgIpc) is 2.73. The van der Waals surface area contributed by atoms with Gasteiger partial charge in [0.05, 0.1) is 6.10 Å². The number of aliphatic hydroxyl groups excluding tert-OH is 3. The second-order valence-electron chi connectivity index (χ2n) is 7.43. The lowest BCUT2D eigenvalue weighted by molar-refractivity contribution is -0.268. The van der Waals surface area contributed by atoms with Crippen molar-refractivity contribution in [2.75, 3.05) is 0 Å². The topological polar surface area (TPSA) is 190 Å². The van der Waals surface area contributed by atoms with E-state index in [0.717, 1.165) is 24.3 Å². The van der Waals surface area contributed by atoms with Crippen LogP contribution in [0.4, 0.5) is 0 Å². The maximum atomic E-state index is 13.2. The summed E-state index contributed by atoms with van der Waals surface area (Å²) < 4.78 is 16.6. The molecule has 32 heavy (non-hydrogen) atoms. The van der Waals surface area contributed by atoms with E-state index in [-0.39, 0.29) is 28.0 Å². The van der Waals surface area contributed by atoms with Gasteiger partial charge in [0.15, 0.2) is 17.3 Å². The highest BCUT2D eigenvalue weighted by Crippen LogP contribution is 2.39. The van der Waals surface area contributed by atoms with Crippen LogP contribution in [0.5, 0.6) is 28.7 Å². The molecule has 11 nitrogen and oxygen atoms in total. The van der Waals surface area contributed by atoms with Gasteiger partial charge in [-0.1, -0.05) is 0 Å². The summed E-state index contributed by atoms with van der Waals surface area (Å²) in [5.74, 6) is -2.80. The van der Waals surface area contributed by atoms with E-state index in [2.05, 4.69) is 0 Å². The van der Waals surface area contributed by atoms with Crippen LogP contribution in [0.1, 0.15) is 6.92 Å². The zero-order chi connectivity index (χ0) is 23.3. The molecule has 1 aromatic heterocycles. The fourth-order valence-electron chi connectivity index (χ4n) is 3.46. The summed E-state index contributed by atoms with van der Waals surface area (Å²) in [6, 6.07) is 5.51. The summed E-state index contributed by atoms with van der Waals surface area (Å²) in [6.45, 7) is 1.42. The number of fused-ring (bicyclic) bond motifs is 1. The number of benzene rings is 2. The fraction of sp³-hybridized carbons (Fsp3) is 0.286. The maximum absolute atomic E-state index is 13.2. The molecule has 3 aromatic rings.